The van der Waals surface area contributed by atoms with Crippen LogP contribution in [0, 0.1) is 5.92 Å². The van der Waals surface area contributed by atoms with Gasteiger partial charge in [-0.3, -0.25) is 0 Å². The lowest BCUT2D eigenvalue weighted by molar-refractivity contribution is 0.172. The van der Waals surface area contributed by atoms with Crippen molar-refractivity contribution in [3.05, 3.63) is 0 Å². The maximum Gasteiger partial charge on any atom is 0.0197 e. The molecule has 1 aliphatic heterocycles. The molecule has 1 saturated heterocycles. The van der Waals surface area contributed by atoms with E-state index >= 15 is 0 Å². The van der Waals surface area contributed by atoms with Crippen molar-refractivity contribution in [2.24, 2.45) is 11.7 Å². The Bertz CT molecular complexity index is 133. The Morgan fingerprint density at radius 3 is 2.54 bits per heavy atom. The fourth-order valence-electron chi connectivity index (χ4n) is 2.41. The number of piperidine rings is 1. The van der Waals surface area contributed by atoms with E-state index in [2.05, 4.69) is 25.8 Å². The molecule has 2 fully saturated rings. The molecule has 2 nitrogen and oxygen atoms in total. The molecular weight excluding hydrogens is 160 g/mol. The zero-order valence-corrected chi connectivity index (χ0v) is 9.29. The topological polar surface area (TPSA) is 29.3 Å². The van der Waals surface area contributed by atoms with Gasteiger partial charge in [0.1, 0.15) is 0 Å². The molecule has 3 atom stereocenters. The number of likely N-dealkylation sites (N-methyl/N-ethyl adjacent to an activating group) is 1. The molecule has 3 unspecified atom stereocenters. The molecule has 0 aromatic heterocycles. The summed E-state index contributed by atoms with van der Waals surface area (Å²) in [7, 11) is 2.20. The Morgan fingerprint density at radius 2 is 1.92 bits per heavy atom. The van der Waals surface area contributed by atoms with E-state index in [1.165, 1.54) is 25.7 Å². The molecule has 1 heterocycles. The quantitative estimate of drug-likeness (QED) is 0.622. The van der Waals surface area contributed by atoms with Gasteiger partial charge in [-0.2, -0.15) is 0 Å². The monoisotopic (exact) mass is 184 g/mol. The van der Waals surface area contributed by atoms with Gasteiger partial charge in [-0.1, -0.05) is 20.3 Å². The predicted octanol–water partition coefficient (Wildman–Crippen LogP) is 1.84. The molecule has 1 saturated carbocycles. The molecule has 0 aromatic rings. The lowest BCUT2D eigenvalue weighted by atomic mass is 9.95. The molecule has 2 aliphatic rings. The van der Waals surface area contributed by atoms with Crippen LogP contribution in [0.3, 0.4) is 0 Å². The molecule has 0 spiro atoms. The third kappa shape index (κ3) is 2.68. The standard InChI is InChI=1S/C8H16N2.C3H8/c1-10-5-8(9)6-2-3-7(10)4-6;1-3-2/h6-8H,2-5,9H2,1H3;3H2,1-2H3. The fraction of sp³-hybridized carbons (Fsp3) is 1.00. The van der Waals surface area contributed by atoms with E-state index in [4.69, 9.17) is 5.73 Å². The molecule has 0 aromatic carbocycles. The van der Waals surface area contributed by atoms with Crippen LogP contribution in [-0.2, 0) is 0 Å². The first kappa shape index (κ1) is 11.0. The number of nitrogens with two attached hydrogens (primary N) is 1. The van der Waals surface area contributed by atoms with E-state index < -0.39 is 0 Å². The smallest absolute Gasteiger partial charge is 0.0197 e. The van der Waals surface area contributed by atoms with Crippen molar-refractivity contribution in [2.45, 2.75) is 51.6 Å². The maximum atomic E-state index is 5.96. The van der Waals surface area contributed by atoms with Crippen LogP contribution in [0.4, 0.5) is 0 Å². The molecule has 1 aliphatic carbocycles. The Morgan fingerprint density at radius 1 is 1.31 bits per heavy atom. The summed E-state index contributed by atoms with van der Waals surface area (Å²) < 4.78 is 0. The number of hydrogen-bond donors (Lipinski definition) is 1. The fourth-order valence-corrected chi connectivity index (χ4v) is 2.41. The number of nitrogens with zero attached hydrogens (tertiary/aromatic N) is 1. The first-order chi connectivity index (χ1) is 6.19. The van der Waals surface area contributed by atoms with Gasteiger partial charge in [0, 0.05) is 18.6 Å². The largest absolute Gasteiger partial charge is 0.326 e. The van der Waals surface area contributed by atoms with E-state index in [-0.39, 0.29) is 0 Å². The van der Waals surface area contributed by atoms with Gasteiger partial charge in [-0.25, -0.2) is 0 Å². The number of hydrogen-bond acceptors (Lipinski definition) is 2. The Balaban J connectivity index is 0.000000251. The highest BCUT2D eigenvalue weighted by molar-refractivity contribution is 4.93. The minimum Gasteiger partial charge on any atom is -0.326 e. The van der Waals surface area contributed by atoms with Crippen molar-refractivity contribution in [3.63, 3.8) is 0 Å². The average Bonchev–Trinajstić information content (AvgIpc) is 2.48. The van der Waals surface area contributed by atoms with Crippen molar-refractivity contribution >= 4 is 0 Å². The van der Waals surface area contributed by atoms with Crippen molar-refractivity contribution in [1.82, 2.24) is 4.90 Å². The molecule has 2 bridgehead atoms. The van der Waals surface area contributed by atoms with Crippen LogP contribution in [0.2, 0.25) is 0 Å². The lowest BCUT2D eigenvalue weighted by Crippen LogP contribution is -2.47. The zero-order chi connectivity index (χ0) is 9.84. The van der Waals surface area contributed by atoms with Gasteiger partial charge >= 0.3 is 0 Å². The molecule has 0 radical (unpaired) electrons. The highest BCUT2D eigenvalue weighted by Crippen LogP contribution is 2.34. The second-order valence-electron chi connectivity index (χ2n) is 4.54. The van der Waals surface area contributed by atoms with E-state index in [1.54, 1.807) is 0 Å². The third-order valence-corrected chi connectivity index (χ3v) is 3.17. The SMILES string of the molecule is CCC.CN1CC(N)C2CCC1C2. The van der Waals surface area contributed by atoms with Crippen LogP contribution in [-0.4, -0.2) is 30.6 Å². The van der Waals surface area contributed by atoms with Crippen molar-refractivity contribution < 1.29 is 0 Å². The highest BCUT2D eigenvalue weighted by Gasteiger charge is 2.36. The van der Waals surface area contributed by atoms with Crippen molar-refractivity contribution in [3.8, 4) is 0 Å². The minimum absolute atomic E-state index is 0.462. The molecule has 2 heteroatoms. The van der Waals surface area contributed by atoms with Gasteiger partial charge in [0.25, 0.3) is 0 Å². The first-order valence-electron chi connectivity index (χ1n) is 5.64. The normalized spacial score (nSPS) is 38.3. The molecule has 78 valence electrons. The second kappa shape index (κ2) is 4.97. The molecule has 2 N–H and O–H groups in total. The summed E-state index contributed by atoms with van der Waals surface area (Å²) >= 11 is 0. The van der Waals surface area contributed by atoms with E-state index in [0.717, 1.165) is 18.5 Å². The Kier molecular flexibility index (Phi) is 4.20. The van der Waals surface area contributed by atoms with E-state index in [9.17, 15) is 0 Å². The summed E-state index contributed by atoms with van der Waals surface area (Å²) in [6.45, 7) is 5.37. The number of likely N-dealkylation sites (tertiary alicyclic amines) is 1. The van der Waals surface area contributed by atoms with Crippen LogP contribution in [0.15, 0.2) is 0 Å². The van der Waals surface area contributed by atoms with E-state index in [1.807, 2.05) is 0 Å². The number of fused-ring (bicyclic) bond motifs is 2. The second-order valence-corrected chi connectivity index (χ2v) is 4.54. The Hall–Kier alpha value is -0.0800. The summed E-state index contributed by atoms with van der Waals surface area (Å²) in [4.78, 5) is 2.42. The average molecular weight is 184 g/mol. The van der Waals surface area contributed by atoms with Gasteiger partial charge < -0.3 is 10.6 Å². The zero-order valence-electron chi connectivity index (χ0n) is 9.29. The molecule has 0 amide bonds. The summed E-state index contributed by atoms with van der Waals surface area (Å²) in [5.41, 5.74) is 5.96. The molecular formula is C11H24N2. The van der Waals surface area contributed by atoms with Gasteiger partial charge in [-0.15, -0.1) is 0 Å². The Labute approximate surface area is 82.5 Å². The molecule has 2 rings (SSSR count). The van der Waals surface area contributed by atoms with Crippen molar-refractivity contribution in [1.29, 1.82) is 0 Å². The van der Waals surface area contributed by atoms with Crippen LogP contribution < -0.4 is 5.73 Å². The van der Waals surface area contributed by atoms with Gasteiger partial charge in [-0.05, 0) is 32.2 Å². The molecule has 13 heavy (non-hydrogen) atoms. The van der Waals surface area contributed by atoms with E-state index in [0.29, 0.717) is 6.04 Å². The van der Waals surface area contributed by atoms with Gasteiger partial charge in [0.05, 0.1) is 0 Å². The summed E-state index contributed by atoms with van der Waals surface area (Å²) in [5.74, 6) is 0.848. The van der Waals surface area contributed by atoms with Gasteiger partial charge in [0.2, 0.25) is 0 Å². The minimum atomic E-state index is 0.462. The maximum absolute atomic E-state index is 5.96. The van der Waals surface area contributed by atoms with Gasteiger partial charge in [0.15, 0.2) is 0 Å². The predicted molar refractivity (Wildman–Crippen MR) is 57.7 cm³/mol. The summed E-state index contributed by atoms with van der Waals surface area (Å²) in [6, 6.07) is 1.33. The van der Waals surface area contributed by atoms with Crippen LogP contribution in [0.5, 0.6) is 0 Å². The van der Waals surface area contributed by atoms with Crippen LogP contribution in [0.25, 0.3) is 0 Å². The van der Waals surface area contributed by atoms with Crippen LogP contribution >= 0.6 is 0 Å². The third-order valence-electron chi connectivity index (χ3n) is 3.17. The lowest BCUT2D eigenvalue weighted by Gasteiger charge is -2.33. The summed E-state index contributed by atoms with van der Waals surface area (Å²) in [5, 5.41) is 0. The highest BCUT2D eigenvalue weighted by atomic mass is 15.2. The summed E-state index contributed by atoms with van der Waals surface area (Å²) in [6.07, 6.45) is 5.36. The first-order valence-corrected chi connectivity index (χ1v) is 5.64. The van der Waals surface area contributed by atoms with Crippen molar-refractivity contribution in [2.75, 3.05) is 13.6 Å². The number of rotatable bonds is 0. The van der Waals surface area contributed by atoms with Crippen LogP contribution in [0.1, 0.15) is 39.5 Å².